The van der Waals surface area contributed by atoms with Crippen LogP contribution in [0.5, 0.6) is 0 Å². The maximum atomic E-state index is 11.5. The summed E-state index contributed by atoms with van der Waals surface area (Å²) in [5.41, 5.74) is 1.58. The lowest BCUT2D eigenvalue weighted by Gasteiger charge is -2.07. The molecule has 1 rings (SSSR count). The lowest BCUT2D eigenvalue weighted by molar-refractivity contribution is 0.217. The van der Waals surface area contributed by atoms with Gasteiger partial charge in [-0.05, 0) is 11.1 Å². The Kier molecular flexibility index (Phi) is 5.57. The first-order valence-electron chi connectivity index (χ1n) is 5.22. The molecule has 1 aromatic carbocycles. The SMILES string of the molecule is COCCS(=O)(=O)NCc1cccc(CO)c1. The standard InChI is InChI=1S/C11H17NO4S/c1-16-5-6-17(14,15)12-8-10-3-2-4-11(7-10)9-13/h2-4,7,12-13H,5-6,8-9H2,1H3. The van der Waals surface area contributed by atoms with Crippen LogP contribution < -0.4 is 4.72 Å². The number of ether oxygens (including phenoxy) is 1. The molecule has 1 aromatic rings. The van der Waals surface area contributed by atoms with Gasteiger partial charge in [0.2, 0.25) is 10.0 Å². The third-order valence-electron chi connectivity index (χ3n) is 2.23. The predicted octanol–water partition coefficient (Wildman–Crippen LogP) is 0.245. The van der Waals surface area contributed by atoms with Gasteiger partial charge in [-0.2, -0.15) is 0 Å². The molecule has 0 aliphatic rings. The Morgan fingerprint density at radius 2 is 2.06 bits per heavy atom. The zero-order valence-electron chi connectivity index (χ0n) is 9.72. The minimum absolute atomic E-state index is 0.0513. The summed E-state index contributed by atoms with van der Waals surface area (Å²) < 4.78 is 30.1. The Labute approximate surface area is 101 Å². The van der Waals surface area contributed by atoms with Gasteiger partial charge in [0.15, 0.2) is 0 Å². The molecular weight excluding hydrogens is 242 g/mol. The number of benzene rings is 1. The van der Waals surface area contributed by atoms with Crippen molar-refractivity contribution in [3.05, 3.63) is 35.4 Å². The van der Waals surface area contributed by atoms with E-state index in [0.717, 1.165) is 11.1 Å². The molecule has 6 heteroatoms. The summed E-state index contributed by atoms with van der Waals surface area (Å²) in [7, 11) is -1.84. The summed E-state index contributed by atoms with van der Waals surface area (Å²) >= 11 is 0. The van der Waals surface area contributed by atoms with Crippen LogP contribution in [0.1, 0.15) is 11.1 Å². The highest BCUT2D eigenvalue weighted by atomic mass is 32.2. The van der Waals surface area contributed by atoms with E-state index in [9.17, 15) is 8.42 Å². The molecule has 0 aliphatic heterocycles. The molecular formula is C11H17NO4S. The van der Waals surface area contributed by atoms with Crippen molar-refractivity contribution in [2.45, 2.75) is 13.2 Å². The third kappa shape index (κ3) is 5.27. The van der Waals surface area contributed by atoms with Gasteiger partial charge in [0.25, 0.3) is 0 Å². The molecule has 2 N–H and O–H groups in total. The van der Waals surface area contributed by atoms with Crippen LogP contribution in [-0.4, -0.2) is 33.0 Å². The minimum atomic E-state index is -3.30. The predicted molar refractivity (Wildman–Crippen MR) is 64.9 cm³/mol. The van der Waals surface area contributed by atoms with E-state index < -0.39 is 10.0 Å². The van der Waals surface area contributed by atoms with E-state index in [4.69, 9.17) is 9.84 Å². The molecule has 17 heavy (non-hydrogen) atoms. The van der Waals surface area contributed by atoms with E-state index in [1.165, 1.54) is 7.11 Å². The second-order valence-corrected chi connectivity index (χ2v) is 5.54. The van der Waals surface area contributed by atoms with Gasteiger partial charge >= 0.3 is 0 Å². The summed E-state index contributed by atoms with van der Waals surface area (Å²) in [6, 6.07) is 7.13. The molecule has 0 saturated carbocycles. The van der Waals surface area contributed by atoms with Crippen molar-refractivity contribution in [1.29, 1.82) is 0 Å². The second kappa shape index (κ2) is 6.70. The normalized spacial score (nSPS) is 11.6. The van der Waals surface area contributed by atoms with Gasteiger partial charge in [0, 0.05) is 13.7 Å². The maximum Gasteiger partial charge on any atom is 0.214 e. The molecule has 0 aromatic heterocycles. The highest BCUT2D eigenvalue weighted by Crippen LogP contribution is 2.05. The molecule has 0 aliphatic carbocycles. The van der Waals surface area contributed by atoms with Crippen LogP contribution in [0.4, 0.5) is 0 Å². The lowest BCUT2D eigenvalue weighted by atomic mass is 10.1. The second-order valence-electron chi connectivity index (χ2n) is 3.61. The molecule has 96 valence electrons. The van der Waals surface area contributed by atoms with Crippen molar-refractivity contribution in [3.63, 3.8) is 0 Å². The van der Waals surface area contributed by atoms with Crippen molar-refractivity contribution in [2.24, 2.45) is 0 Å². The monoisotopic (exact) mass is 259 g/mol. The van der Waals surface area contributed by atoms with E-state index in [2.05, 4.69) is 4.72 Å². The molecule has 5 nitrogen and oxygen atoms in total. The van der Waals surface area contributed by atoms with Crippen LogP contribution in [0.2, 0.25) is 0 Å². The Balaban J connectivity index is 2.54. The zero-order chi connectivity index (χ0) is 12.7. The number of hydrogen-bond donors (Lipinski definition) is 2. The third-order valence-corrected chi connectivity index (χ3v) is 3.51. The minimum Gasteiger partial charge on any atom is -0.392 e. The van der Waals surface area contributed by atoms with E-state index in [1.807, 2.05) is 0 Å². The molecule has 0 spiro atoms. The van der Waals surface area contributed by atoms with Crippen molar-refractivity contribution >= 4 is 10.0 Å². The fourth-order valence-corrected chi connectivity index (χ4v) is 2.21. The summed E-state index contributed by atoms with van der Waals surface area (Å²) in [6.07, 6.45) is 0. The quantitative estimate of drug-likeness (QED) is 0.735. The van der Waals surface area contributed by atoms with E-state index in [0.29, 0.717) is 0 Å². The number of hydrogen-bond acceptors (Lipinski definition) is 4. The van der Waals surface area contributed by atoms with Crippen molar-refractivity contribution in [2.75, 3.05) is 19.5 Å². The highest BCUT2D eigenvalue weighted by molar-refractivity contribution is 7.89. The molecule has 0 bridgehead atoms. The number of methoxy groups -OCH3 is 1. The van der Waals surface area contributed by atoms with E-state index in [-0.39, 0.29) is 25.5 Å². The average molecular weight is 259 g/mol. The number of aliphatic hydroxyl groups excluding tert-OH is 1. The first-order valence-corrected chi connectivity index (χ1v) is 6.87. The maximum absolute atomic E-state index is 11.5. The number of aliphatic hydroxyl groups is 1. The van der Waals surface area contributed by atoms with Gasteiger partial charge in [-0.15, -0.1) is 0 Å². The smallest absolute Gasteiger partial charge is 0.214 e. The van der Waals surface area contributed by atoms with Crippen molar-refractivity contribution in [3.8, 4) is 0 Å². The largest absolute Gasteiger partial charge is 0.392 e. The van der Waals surface area contributed by atoms with Crippen LogP contribution in [0.25, 0.3) is 0 Å². The van der Waals surface area contributed by atoms with Crippen molar-refractivity contribution in [1.82, 2.24) is 4.72 Å². The fraction of sp³-hybridized carbons (Fsp3) is 0.455. The molecule has 0 fully saturated rings. The Morgan fingerprint density at radius 1 is 1.35 bits per heavy atom. The molecule has 0 unspecified atom stereocenters. The Bertz CT molecular complexity index is 445. The highest BCUT2D eigenvalue weighted by Gasteiger charge is 2.09. The van der Waals surface area contributed by atoms with Crippen molar-refractivity contribution < 1.29 is 18.3 Å². The molecule has 0 heterocycles. The molecule has 0 saturated heterocycles. The number of nitrogens with one attached hydrogen (secondary N) is 1. The summed E-state index contributed by atoms with van der Waals surface area (Å²) in [6.45, 7) is 0.343. The Morgan fingerprint density at radius 3 is 2.71 bits per heavy atom. The first kappa shape index (κ1) is 14.1. The lowest BCUT2D eigenvalue weighted by Crippen LogP contribution is -2.27. The molecule has 0 amide bonds. The van der Waals surface area contributed by atoms with Gasteiger partial charge in [-0.25, -0.2) is 13.1 Å². The first-order chi connectivity index (χ1) is 8.07. The van der Waals surface area contributed by atoms with Crippen LogP contribution in [0.15, 0.2) is 24.3 Å². The molecule has 0 radical (unpaired) electrons. The van der Waals surface area contributed by atoms with Gasteiger partial charge in [-0.1, -0.05) is 24.3 Å². The van der Waals surface area contributed by atoms with E-state index in [1.54, 1.807) is 24.3 Å². The van der Waals surface area contributed by atoms with Gasteiger partial charge in [-0.3, -0.25) is 0 Å². The average Bonchev–Trinajstić information content (AvgIpc) is 2.34. The number of rotatable bonds is 7. The summed E-state index contributed by atoms with van der Waals surface area (Å²) in [5, 5.41) is 8.95. The van der Waals surface area contributed by atoms with Crippen LogP contribution in [0, 0.1) is 0 Å². The van der Waals surface area contributed by atoms with Gasteiger partial charge < -0.3 is 9.84 Å². The van der Waals surface area contributed by atoms with Crippen LogP contribution in [0.3, 0.4) is 0 Å². The Hall–Kier alpha value is -0.950. The topological polar surface area (TPSA) is 75.6 Å². The fourth-order valence-electron chi connectivity index (χ4n) is 1.30. The van der Waals surface area contributed by atoms with E-state index >= 15 is 0 Å². The van der Waals surface area contributed by atoms with Gasteiger partial charge in [0.1, 0.15) is 0 Å². The van der Waals surface area contributed by atoms with Crippen LogP contribution in [-0.2, 0) is 27.9 Å². The summed E-state index contributed by atoms with van der Waals surface area (Å²) in [5.74, 6) is -0.0524. The van der Waals surface area contributed by atoms with Gasteiger partial charge in [0.05, 0.1) is 19.0 Å². The number of sulfonamides is 1. The zero-order valence-corrected chi connectivity index (χ0v) is 10.5. The van der Waals surface area contributed by atoms with Crippen LogP contribution >= 0.6 is 0 Å². The summed E-state index contributed by atoms with van der Waals surface area (Å²) in [4.78, 5) is 0. The molecule has 0 atom stereocenters.